The van der Waals surface area contributed by atoms with Gasteiger partial charge < -0.3 is 9.88 Å². The minimum Gasteiger partial charge on any atom is -0.352 e. The molecule has 0 aliphatic carbocycles. The second-order valence-electron chi connectivity index (χ2n) is 7.46. The molecule has 0 atom stereocenters. The molecule has 0 radical (unpaired) electrons. The van der Waals surface area contributed by atoms with E-state index in [-0.39, 0.29) is 5.91 Å². The lowest BCUT2D eigenvalue weighted by atomic mass is 10.1. The summed E-state index contributed by atoms with van der Waals surface area (Å²) in [5.74, 6) is 1.12. The van der Waals surface area contributed by atoms with E-state index in [4.69, 9.17) is 4.98 Å². The summed E-state index contributed by atoms with van der Waals surface area (Å²) in [4.78, 5) is 17.1. The van der Waals surface area contributed by atoms with Crippen LogP contribution in [0.5, 0.6) is 0 Å². The highest BCUT2D eigenvalue weighted by Crippen LogP contribution is 2.18. The van der Waals surface area contributed by atoms with E-state index in [0.717, 1.165) is 41.9 Å². The topological polar surface area (TPSA) is 46.9 Å². The van der Waals surface area contributed by atoms with Crippen LogP contribution in [-0.2, 0) is 13.0 Å². The number of imidazole rings is 1. The molecule has 1 N–H and O–H groups in total. The number of aryl methyl sites for hydroxylation is 3. The fraction of sp³-hybridized carbons (Fsp3) is 0.417. The Kier molecular flexibility index (Phi) is 7.24. The standard InChI is InChI=1S/C24H31N3O/c1-3-4-5-8-17-27-22-14-7-6-13-21(22)26-23(27)15-10-16-25-24(28)20-12-9-11-19(2)18-20/h6-7,9,11-14,18H,3-5,8,10,15-17H2,1-2H3,(H,25,28). The first-order valence-electron chi connectivity index (χ1n) is 10.5. The minimum absolute atomic E-state index is 0.00299. The van der Waals surface area contributed by atoms with Gasteiger partial charge in [0.15, 0.2) is 0 Å². The zero-order valence-electron chi connectivity index (χ0n) is 17.1. The molecule has 3 rings (SSSR count). The number of amides is 1. The monoisotopic (exact) mass is 377 g/mol. The smallest absolute Gasteiger partial charge is 0.251 e. The van der Waals surface area contributed by atoms with Crippen LogP contribution in [0.4, 0.5) is 0 Å². The van der Waals surface area contributed by atoms with E-state index in [2.05, 4.69) is 35.0 Å². The number of carbonyl (C=O) groups excluding carboxylic acids is 1. The van der Waals surface area contributed by atoms with Crippen molar-refractivity contribution in [3.05, 3.63) is 65.5 Å². The van der Waals surface area contributed by atoms with Crippen LogP contribution in [0, 0.1) is 6.92 Å². The summed E-state index contributed by atoms with van der Waals surface area (Å²) in [6, 6.07) is 16.1. The van der Waals surface area contributed by atoms with Gasteiger partial charge in [-0.3, -0.25) is 4.79 Å². The molecular formula is C24H31N3O. The van der Waals surface area contributed by atoms with Gasteiger partial charge in [0.1, 0.15) is 5.82 Å². The average molecular weight is 378 g/mol. The lowest BCUT2D eigenvalue weighted by Gasteiger charge is -2.10. The molecular weight excluding hydrogens is 346 g/mol. The summed E-state index contributed by atoms with van der Waals surface area (Å²) in [5.41, 5.74) is 4.11. The summed E-state index contributed by atoms with van der Waals surface area (Å²) in [6.45, 7) is 5.92. The van der Waals surface area contributed by atoms with Gasteiger partial charge in [-0.1, -0.05) is 56.0 Å². The Morgan fingerprint density at radius 1 is 1.04 bits per heavy atom. The fourth-order valence-electron chi connectivity index (χ4n) is 3.60. The van der Waals surface area contributed by atoms with Crippen molar-refractivity contribution in [3.63, 3.8) is 0 Å². The summed E-state index contributed by atoms with van der Waals surface area (Å²) in [5, 5.41) is 3.03. The van der Waals surface area contributed by atoms with Crippen molar-refractivity contribution in [2.24, 2.45) is 0 Å². The average Bonchev–Trinajstić information content (AvgIpc) is 3.06. The van der Waals surface area contributed by atoms with Gasteiger partial charge in [0.25, 0.3) is 5.91 Å². The predicted molar refractivity (Wildman–Crippen MR) is 116 cm³/mol. The highest BCUT2D eigenvalue weighted by molar-refractivity contribution is 5.94. The Bertz CT molecular complexity index is 913. The van der Waals surface area contributed by atoms with E-state index in [0.29, 0.717) is 6.54 Å². The number of hydrogen-bond acceptors (Lipinski definition) is 2. The number of benzene rings is 2. The first-order valence-corrected chi connectivity index (χ1v) is 10.5. The van der Waals surface area contributed by atoms with E-state index in [9.17, 15) is 4.79 Å². The van der Waals surface area contributed by atoms with Gasteiger partial charge in [0, 0.05) is 25.1 Å². The van der Waals surface area contributed by atoms with Gasteiger partial charge in [-0.15, -0.1) is 0 Å². The number of fused-ring (bicyclic) bond motifs is 1. The SMILES string of the molecule is CCCCCCn1c(CCCNC(=O)c2cccc(C)c2)nc2ccccc21. The number of hydrogen-bond donors (Lipinski definition) is 1. The van der Waals surface area contributed by atoms with Crippen molar-refractivity contribution in [1.29, 1.82) is 0 Å². The Morgan fingerprint density at radius 3 is 2.71 bits per heavy atom. The molecule has 0 saturated carbocycles. The highest BCUT2D eigenvalue weighted by Gasteiger charge is 2.10. The first kappa shape index (κ1) is 20.1. The number of nitrogens with one attached hydrogen (secondary N) is 1. The molecule has 28 heavy (non-hydrogen) atoms. The van der Waals surface area contributed by atoms with Crippen LogP contribution in [0.2, 0.25) is 0 Å². The predicted octanol–water partition coefficient (Wildman–Crippen LogP) is 5.29. The third kappa shape index (κ3) is 5.22. The number of nitrogens with zero attached hydrogens (tertiary/aromatic N) is 2. The summed E-state index contributed by atoms with van der Waals surface area (Å²) in [6.07, 6.45) is 6.73. The molecule has 148 valence electrons. The molecule has 0 unspecified atom stereocenters. The minimum atomic E-state index is -0.00299. The van der Waals surface area contributed by atoms with Crippen LogP contribution < -0.4 is 5.32 Å². The molecule has 1 heterocycles. The van der Waals surface area contributed by atoms with Crippen LogP contribution in [0.3, 0.4) is 0 Å². The number of rotatable bonds is 10. The second-order valence-corrected chi connectivity index (χ2v) is 7.46. The lowest BCUT2D eigenvalue weighted by Crippen LogP contribution is -2.25. The zero-order valence-corrected chi connectivity index (χ0v) is 17.1. The molecule has 0 bridgehead atoms. The first-order chi connectivity index (χ1) is 13.7. The Hall–Kier alpha value is -2.62. The van der Waals surface area contributed by atoms with Crippen molar-refractivity contribution >= 4 is 16.9 Å². The van der Waals surface area contributed by atoms with Crippen LogP contribution in [0.1, 0.15) is 60.8 Å². The molecule has 0 saturated heterocycles. The van der Waals surface area contributed by atoms with Gasteiger partial charge in [0.2, 0.25) is 0 Å². The third-order valence-electron chi connectivity index (χ3n) is 5.11. The quantitative estimate of drug-likeness (QED) is 0.488. The van der Waals surface area contributed by atoms with Gasteiger partial charge in [0.05, 0.1) is 11.0 Å². The van der Waals surface area contributed by atoms with Crippen molar-refractivity contribution < 1.29 is 4.79 Å². The second kappa shape index (κ2) is 10.1. The van der Waals surface area contributed by atoms with E-state index in [1.165, 1.54) is 31.2 Å². The fourth-order valence-corrected chi connectivity index (χ4v) is 3.60. The van der Waals surface area contributed by atoms with Crippen molar-refractivity contribution in [3.8, 4) is 0 Å². The molecule has 0 spiro atoms. The summed E-state index contributed by atoms with van der Waals surface area (Å²) >= 11 is 0. The Morgan fingerprint density at radius 2 is 1.89 bits per heavy atom. The number of carbonyl (C=O) groups is 1. The highest BCUT2D eigenvalue weighted by atomic mass is 16.1. The lowest BCUT2D eigenvalue weighted by molar-refractivity contribution is 0.0953. The van der Waals surface area contributed by atoms with Gasteiger partial charge in [-0.25, -0.2) is 4.98 Å². The summed E-state index contributed by atoms with van der Waals surface area (Å²) in [7, 11) is 0. The molecule has 2 aromatic carbocycles. The van der Waals surface area contributed by atoms with Crippen LogP contribution >= 0.6 is 0 Å². The van der Waals surface area contributed by atoms with Crippen LogP contribution in [-0.4, -0.2) is 22.0 Å². The zero-order chi connectivity index (χ0) is 19.8. The van der Waals surface area contributed by atoms with Gasteiger partial charge in [-0.05, 0) is 44.0 Å². The van der Waals surface area contributed by atoms with Crippen molar-refractivity contribution in [2.45, 2.75) is 58.9 Å². The molecule has 3 aromatic rings. The van der Waals surface area contributed by atoms with Crippen LogP contribution in [0.15, 0.2) is 48.5 Å². The molecule has 0 fully saturated rings. The maximum atomic E-state index is 12.3. The third-order valence-corrected chi connectivity index (χ3v) is 5.11. The van der Waals surface area contributed by atoms with E-state index in [1.54, 1.807) is 0 Å². The molecule has 1 aromatic heterocycles. The van der Waals surface area contributed by atoms with Gasteiger partial charge >= 0.3 is 0 Å². The maximum absolute atomic E-state index is 12.3. The van der Waals surface area contributed by atoms with Crippen molar-refractivity contribution in [2.75, 3.05) is 6.54 Å². The molecule has 0 aliphatic heterocycles. The van der Waals surface area contributed by atoms with E-state index < -0.39 is 0 Å². The largest absolute Gasteiger partial charge is 0.352 e. The Labute approximate surface area is 168 Å². The Balaban J connectivity index is 1.58. The van der Waals surface area contributed by atoms with E-state index in [1.807, 2.05) is 37.3 Å². The van der Waals surface area contributed by atoms with E-state index >= 15 is 0 Å². The van der Waals surface area contributed by atoms with Gasteiger partial charge in [-0.2, -0.15) is 0 Å². The maximum Gasteiger partial charge on any atom is 0.251 e. The number of aromatic nitrogens is 2. The normalized spacial score (nSPS) is 11.1. The molecule has 4 nitrogen and oxygen atoms in total. The summed E-state index contributed by atoms with van der Waals surface area (Å²) < 4.78 is 2.37. The number of para-hydroxylation sites is 2. The molecule has 4 heteroatoms. The molecule has 0 aliphatic rings. The number of unbranched alkanes of at least 4 members (excludes halogenated alkanes) is 3. The van der Waals surface area contributed by atoms with Crippen LogP contribution in [0.25, 0.3) is 11.0 Å². The van der Waals surface area contributed by atoms with Crippen molar-refractivity contribution in [1.82, 2.24) is 14.9 Å². The molecule has 1 amide bonds.